The van der Waals surface area contributed by atoms with Gasteiger partial charge in [0.1, 0.15) is 16.4 Å². The quantitative estimate of drug-likeness (QED) is 0.248. The third-order valence-corrected chi connectivity index (χ3v) is 3.94. The highest BCUT2D eigenvalue weighted by Gasteiger charge is 2.23. The minimum Gasteiger partial charge on any atom is -0.294 e. The lowest BCUT2D eigenvalue weighted by Gasteiger charge is -2.25. The Morgan fingerprint density at radius 1 is 0.920 bits per heavy atom. The van der Waals surface area contributed by atoms with E-state index in [1.165, 1.54) is 0 Å². The Morgan fingerprint density at radius 2 is 1.44 bits per heavy atom. The smallest absolute Gasteiger partial charge is 0.255 e. The van der Waals surface area contributed by atoms with Crippen molar-refractivity contribution in [2.45, 2.75) is 6.42 Å². The highest BCUT2D eigenvalue weighted by atomic mass is 32.1. The number of rotatable bonds is 4. The highest BCUT2D eigenvalue weighted by molar-refractivity contribution is 7.81. The van der Waals surface area contributed by atoms with E-state index in [0.717, 1.165) is 10.6 Å². The van der Waals surface area contributed by atoms with Gasteiger partial charge in [0, 0.05) is 11.1 Å². The van der Waals surface area contributed by atoms with Gasteiger partial charge in [0.2, 0.25) is 5.91 Å². The van der Waals surface area contributed by atoms with Crippen LogP contribution in [-0.4, -0.2) is 26.8 Å². The number of nitrogens with zero attached hydrogens (tertiary/aromatic N) is 1. The molecule has 0 aliphatic carbocycles. The van der Waals surface area contributed by atoms with E-state index in [2.05, 4.69) is 5.43 Å². The second-order valence-electron chi connectivity index (χ2n) is 4.95. The molecule has 2 amide bonds. The minimum atomic E-state index is -0.627. The summed E-state index contributed by atoms with van der Waals surface area (Å²) in [5.74, 6) is 3.85. The number of nitrogens with one attached hydrogen (secondary N) is 2. The van der Waals surface area contributed by atoms with Gasteiger partial charge in [-0.05, 0) is 0 Å². The van der Waals surface area contributed by atoms with E-state index in [1.54, 1.807) is 36.4 Å². The van der Waals surface area contributed by atoms with Crippen LogP contribution in [0.5, 0.6) is 0 Å². The van der Waals surface area contributed by atoms with E-state index in [1.807, 2.05) is 29.7 Å². The number of thiocarbonyl (C=S) groups is 2. The van der Waals surface area contributed by atoms with E-state index >= 15 is 0 Å². The largest absolute Gasteiger partial charge is 0.294 e. The van der Waals surface area contributed by atoms with Crippen LogP contribution in [0.2, 0.25) is 0 Å². The zero-order valence-corrected chi connectivity index (χ0v) is 14.8. The van der Waals surface area contributed by atoms with Gasteiger partial charge in [0.25, 0.3) is 5.91 Å². The summed E-state index contributed by atoms with van der Waals surface area (Å²) in [4.78, 5) is 24.5. The zero-order valence-electron chi connectivity index (χ0n) is 13.1. The summed E-state index contributed by atoms with van der Waals surface area (Å²) in [6, 6.07) is 18.1. The Kier molecular flexibility index (Phi) is 6.70. The maximum Gasteiger partial charge on any atom is 0.255 e. The van der Waals surface area contributed by atoms with Crippen LogP contribution in [0.4, 0.5) is 0 Å². The van der Waals surface area contributed by atoms with Gasteiger partial charge < -0.3 is 0 Å². The second kappa shape index (κ2) is 8.97. The average molecular weight is 372 g/mol. The second-order valence-corrected chi connectivity index (χ2v) is 5.75. The van der Waals surface area contributed by atoms with Crippen molar-refractivity contribution in [3.05, 3.63) is 71.8 Å². The van der Waals surface area contributed by atoms with Crippen molar-refractivity contribution >= 4 is 46.2 Å². The summed E-state index contributed by atoms with van der Waals surface area (Å²) < 4.78 is 0. The fourth-order valence-corrected chi connectivity index (χ4v) is 2.47. The maximum atomic E-state index is 12.5. The van der Waals surface area contributed by atoms with Crippen molar-refractivity contribution in [3.63, 3.8) is 0 Å². The number of carbonyl (C=O) groups excluding carboxylic acids is 2. The van der Waals surface area contributed by atoms with Crippen LogP contribution in [0.3, 0.4) is 0 Å². The Hall–Kier alpha value is -2.68. The number of benzene rings is 2. The van der Waals surface area contributed by atoms with Crippen molar-refractivity contribution in [2.24, 2.45) is 5.84 Å². The highest BCUT2D eigenvalue weighted by Crippen LogP contribution is 2.08. The van der Waals surface area contributed by atoms with Crippen LogP contribution in [0.1, 0.15) is 17.5 Å². The number of amides is 2. The number of carbonyl (C=O) groups is 2. The number of hydrogen-bond donors (Lipinski definition) is 3. The van der Waals surface area contributed by atoms with Gasteiger partial charge in [-0.2, -0.15) is 0 Å². The van der Waals surface area contributed by atoms with Gasteiger partial charge in [-0.3, -0.25) is 20.4 Å². The van der Waals surface area contributed by atoms with Crippen molar-refractivity contribution in [3.8, 4) is 0 Å². The summed E-state index contributed by atoms with van der Waals surface area (Å²) >= 11 is 10.7. The molecule has 0 heterocycles. The predicted octanol–water partition coefficient (Wildman–Crippen LogP) is 1.45. The van der Waals surface area contributed by atoms with Crippen molar-refractivity contribution in [1.82, 2.24) is 15.9 Å². The molecule has 4 N–H and O–H groups in total. The molecule has 0 aliphatic rings. The first-order valence-corrected chi connectivity index (χ1v) is 8.12. The topological polar surface area (TPSA) is 87.5 Å². The molecule has 0 spiro atoms. The molecule has 0 aromatic heterocycles. The van der Waals surface area contributed by atoms with E-state index in [9.17, 15) is 9.59 Å². The molecule has 0 radical (unpaired) electrons. The van der Waals surface area contributed by atoms with Gasteiger partial charge in [-0.25, -0.2) is 10.9 Å². The summed E-state index contributed by atoms with van der Waals surface area (Å²) in [6.07, 6.45) is -0.464. The lowest BCUT2D eigenvalue weighted by Crippen LogP contribution is -2.50. The van der Waals surface area contributed by atoms with Crippen molar-refractivity contribution in [1.29, 1.82) is 0 Å². The van der Waals surface area contributed by atoms with Gasteiger partial charge >= 0.3 is 0 Å². The molecule has 0 saturated heterocycles. The van der Waals surface area contributed by atoms with E-state index in [4.69, 9.17) is 30.3 Å². The van der Waals surface area contributed by atoms with Crippen LogP contribution in [0.25, 0.3) is 0 Å². The molecule has 0 fully saturated rings. The van der Waals surface area contributed by atoms with Gasteiger partial charge in [0.15, 0.2) is 0 Å². The molecule has 2 aromatic carbocycles. The molecular weight excluding hydrogens is 356 g/mol. The predicted molar refractivity (Wildman–Crippen MR) is 103 cm³/mol. The Labute approximate surface area is 155 Å². The van der Waals surface area contributed by atoms with Crippen LogP contribution < -0.4 is 16.7 Å². The minimum absolute atomic E-state index is 0.203. The summed E-state index contributed by atoms with van der Waals surface area (Å²) in [7, 11) is 0. The van der Waals surface area contributed by atoms with E-state index in [-0.39, 0.29) is 4.99 Å². The first kappa shape index (κ1) is 18.7. The molecule has 2 rings (SSSR count). The van der Waals surface area contributed by atoms with Gasteiger partial charge in [0.05, 0.1) is 0 Å². The molecule has 25 heavy (non-hydrogen) atoms. The Bertz CT molecular complexity index is 782. The standard InChI is InChI=1S/C17H16N4O2S2/c18-19-14(22)11-15(23)21(17(25)13-9-5-2-6-10-13)20-16(24)12-7-3-1-4-8-12/h1-10H,11,18H2,(H,19,22)(H,20,24). The molecule has 0 bridgehead atoms. The molecule has 2 aromatic rings. The zero-order chi connectivity index (χ0) is 18.2. The number of nitrogens with two attached hydrogens (primary N) is 1. The fraction of sp³-hybridized carbons (Fsp3) is 0.0588. The molecular formula is C17H16N4O2S2. The lowest BCUT2D eigenvalue weighted by molar-refractivity contribution is -0.134. The van der Waals surface area contributed by atoms with Crippen LogP contribution in [0, 0.1) is 0 Å². The summed E-state index contributed by atoms with van der Waals surface area (Å²) in [5.41, 5.74) is 6.10. The van der Waals surface area contributed by atoms with Crippen molar-refractivity contribution < 1.29 is 9.59 Å². The van der Waals surface area contributed by atoms with E-state index < -0.39 is 18.2 Å². The molecule has 6 nitrogen and oxygen atoms in total. The normalized spacial score (nSPS) is 9.80. The lowest BCUT2D eigenvalue weighted by atomic mass is 10.2. The van der Waals surface area contributed by atoms with E-state index in [0.29, 0.717) is 10.6 Å². The van der Waals surface area contributed by atoms with Gasteiger partial charge in [-0.1, -0.05) is 85.1 Å². The monoisotopic (exact) mass is 372 g/mol. The van der Waals surface area contributed by atoms with Crippen LogP contribution in [-0.2, 0) is 9.59 Å². The summed E-state index contributed by atoms with van der Waals surface area (Å²) in [5, 5.41) is 1.09. The average Bonchev–Trinajstić information content (AvgIpc) is 2.66. The first-order chi connectivity index (χ1) is 12.0. The molecule has 8 heteroatoms. The molecule has 0 unspecified atom stereocenters. The van der Waals surface area contributed by atoms with Crippen LogP contribution in [0.15, 0.2) is 60.7 Å². The van der Waals surface area contributed by atoms with Crippen molar-refractivity contribution in [2.75, 3.05) is 0 Å². The Morgan fingerprint density at radius 3 is 1.96 bits per heavy atom. The summed E-state index contributed by atoms with van der Waals surface area (Å²) in [6.45, 7) is 0. The molecule has 0 atom stereocenters. The third kappa shape index (κ3) is 5.15. The Balaban J connectivity index is 2.25. The molecule has 128 valence electrons. The first-order valence-electron chi connectivity index (χ1n) is 7.30. The molecule has 0 saturated carbocycles. The number of hydrogen-bond acceptors (Lipinski definition) is 5. The molecule has 0 aliphatic heterocycles. The van der Waals surface area contributed by atoms with Gasteiger partial charge in [-0.15, -0.1) is 0 Å². The van der Waals surface area contributed by atoms with Crippen LogP contribution >= 0.6 is 24.4 Å². The fourth-order valence-electron chi connectivity index (χ4n) is 1.96. The third-order valence-electron chi connectivity index (χ3n) is 3.20. The maximum absolute atomic E-state index is 12.5. The SMILES string of the molecule is NNC(=O)CC(=O)N(NC(=S)c1ccccc1)C(=S)c1ccccc1. The number of hydrazine groups is 2.